The standard InChI is InChI=1S/C25H25N7O3S/c1-29-22-21(23(34)32(25(29)35)14-20(33)18-8-10-36-15-18)31(12-17-6-3-2-5-16(17)11-26)24(28-22)30-9-4-7-19(27)13-30/h2-3,5-6,8,10,15,19H,4,7,9,12-14,27H2,1H3/t19-/m1/s1. The first-order chi connectivity index (χ1) is 17.4. The maximum Gasteiger partial charge on any atom is 0.332 e. The van der Waals surface area contributed by atoms with Gasteiger partial charge < -0.3 is 10.6 Å². The van der Waals surface area contributed by atoms with E-state index in [9.17, 15) is 19.6 Å². The Kier molecular flexibility index (Phi) is 6.30. The van der Waals surface area contributed by atoms with Crippen molar-refractivity contribution in [1.29, 1.82) is 5.26 Å². The fourth-order valence-corrected chi connectivity index (χ4v) is 5.34. The van der Waals surface area contributed by atoms with E-state index >= 15 is 0 Å². The lowest BCUT2D eigenvalue weighted by Crippen LogP contribution is -2.44. The van der Waals surface area contributed by atoms with Crippen LogP contribution in [0.1, 0.15) is 34.3 Å². The van der Waals surface area contributed by atoms with Gasteiger partial charge in [0.15, 0.2) is 16.9 Å². The quantitative estimate of drug-likeness (QED) is 0.396. The second-order valence-electron chi connectivity index (χ2n) is 8.96. The Balaban J connectivity index is 1.72. The van der Waals surface area contributed by atoms with Crippen molar-refractivity contribution in [2.24, 2.45) is 12.8 Å². The number of hydrogen-bond donors (Lipinski definition) is 1. The molecule has 0 spiro atoms. The van der Waals surface area contributed by atoms with E-state index < -0.39 is 11.2 Å². The number of rotatable bonds is 6. The van der Waals surface area contributed by atoms with Crippen LogP contribution in [0.25, 0.3) is 11.2 Å². The van der Waals surface area contributed by atoms with Crippen LogP contribution in [0.5, 0.6) is 0 Å². The van der Waals surface area contributed by atoms with Gasteiger partial charge in [0.05, 0.1) is 24.7 Å². The molecule has 0 radical (unpaired) electrons. The number of nitrogens with zero attached hydrogens (tertiary/aromatic N) is 6. The SMILES string of the molecule is Cn1c(=O)n(CC(=O)c2ccsc2)c(=O)c2c1nc(N1CCC[C@@H](N)C1)n2Cc1ccccc1C#N. The van der Waals surface area contributed by atoms with Crippen LogP contribution in [-0.2, 0) is 20.1 Å². The van der Waals surface area contributed by atoms with Gasteiger partial charge in [0.25, 0.3) is 5.56 Å². The summed E-state index contributed by atoms with van der Waals surface area (Å²) in [6.07, 6.45) is 1.77. The normalized spacial score (nSPS) is 15.8. The fourth-order valence-electron chi connectivity index (χ4n) is 4.68. The summed E-state index contributed by atoms with van der Waals surface area (Å²) in [5.41, 5.74) is 7.12. The molecule has 1 aliphatic rings. The Labute approximate surface area is 210 Å². The van der Waals surface area contributed by atoms with Gasteiger partial charge in [0.2, 0.25) is 5.95 Å². The van der Waals surface area contributed by atoms with Gasteiger partial charge in [-0.2, -0.15) is 21.6 Å². The van der Waals surface area contributed by atoms with Gasteiger partial charge in [-0.05, 0) is 35.9 Å². The Hall–Kier alpha value is -4.01. The number of carbonyl (C=O) groups is 1. The first-order valence-electron chi connectivity index (χ1n) is 11.6. The highest BCUT2D eigenvalue weighted by molar-refractivity contribution is 7.08. The number of benzene rings is 1. The molecule has 0 saturated carbocycles. The highest BCUT2D eigenvalue weighted by atomic mass is 32.1. The third kappa shape index (κ3) is 4.14. The molecule has 5 rings (SSSR count). The molecule has 0 amide bonds. The molecule has 11 heteroatoms. The number of aryl methyl sites for hydroxylation is 1. The summed E-state index contributed by atoms with van der Waals surface area (Å²) in [6.45, 7) is 1.09. The zero-order valence-electron chi connectivity index (χ0n) is 19.8. The molecule has 36 heavy (non-hydrogen) atoms. The van der Waals surface area contributed by atoms with Crippen molar-refractivity contribution < 1.29 is 4.79 Å². The topological polar surface area (TPSA) is 132 Å². The van der Waals surface area contributed by atoms with E-state index in [4.69, 9.17) is 10.7 Å². The Bertz CT molecular complexity index is 1610. The number of hydrogen-bond acceptors (Lipinski definition) is 8. The molecule has 0 aliphatic carbocycles. The molecule has 0 bridgehead atoms. The molecule has 4 heterocycles. The number of fused-ring (bicyclic) bond motifs is 1. The molecule has 1 atom stereocenters. The van der Waals surface area contributed by atoms with Crippen LogP contribution in [0, 0.1) is 11.3 Å². The minimum Gasteiger partial charge on any atom is -0.341 e. The van der Waals surface area contributed by atoms with Crippen LogP contribution in [0.15, 0.2) is 50.7 Å². The average molecular weight is 504 g/mol. The number of aromatic nitrogens is 4. The molecule has 4 aromatic rings. The summed E-state index contributed by atoms with van der Waals surface area (Å²) in [6, 6.07) is 11.0. The van der Waals surface area contributed by atoms with Gasteiger partial charge in [-0.3, -0.25) is 23.3 Å². The number of Topliss-reactive ketones (excluding diaryl/α,β-unsaturated/α-hetero) is 1. The molecule has 1 fully saturated rings. The number of nitrogens with two attached hydrogens (primary N) is 1. The molecule has 1 aromatic carbocycles. The van der Waals surface area contributed by atoms with Crippen LogP contribution in [0.2, 0.25) is 0 Å². The number of anilines is 1. The van der Waals surface area contributed by atoms with Crippen molar-refractivity contribution >= 4 is 34.2 Å². The van der Waals surface area contributed by atoms with E-state index in [2.05, 4.69) is 6.07 Å². The lowest BCUT2D eigenvalue weighted by Gasteiger charge is -2.32. The number of nitriles is 1. The maximum absolute atomic E-state index is 13.8. The van der Waals surface area contributed by atoms with E-state index in [0.717, 1.165) is 23.0 Å². The first-order valence-corrected chi connectivity index (χ1v) is 12.6. The molecule has 1 saturated heterocycles. The number of imidazole rings is 1. The van der Waals surface area contributed by atoms with Gasteiger partial charge in [-0.1, -0.05) is 18.2 Å². The zero-order chi connectivity index (χ0) is 25.4. The molecule has 2 N–H and O–H groups in total. The van der Waals surface area contributed by atoms with Gasteiger partial charge in [0, 0.05) is 37.1 Å². The summed E-state index contributed by atoms with van der Waals surface area (Å²) < 4.78 is 4.01. The van der Waals surface area contributed by atoms with E-state index in [-0.39, 0.29) is 36.1 Å². The smallest absolute Gasteiger partial charge is 0.332 e. The Morgan fingerprint density at radius 1 is 1.25 bits per heavy atom. The minimum absolute atomic E-state index is 0.0397. The molecule has 184 valence electrons. The Morgan fingerprint density at radius 3 is 2.78 bits per heavy atom. The molecule has 0 unspecified atom stereocenters. The zero-order valence-corrected chi connectivity index (χ0v) is 20.6. The maximum atomic E-state index is 13.8. The molecular formula is C25H25N7O3S. The molecule has 10 nitrogen and oxygen atoms in total. The number of carbonyl (C=O) groups excluding carboxylic acids is 1. The predicted molar refractivity (Wildman–Crippen MR) is 138 cm³/mol. The van der Waals surface area contributed by atoms with Crippen LogP contribution >= 0.6 is 11.3 Å². The van der Waals surface area contributed by atoms with Crippen molar-refractivity contribution in [1.82, 2.24) is 18.7 Å². The van der Waals surface area contributed by atoms with Crippen LogP contribution in [-0.4, -0.2) is 43.6 Å². The highest BCUT2D eigenvalue weighted by Gasteiger charge is 2.27. The van der Waals surface area contributed by atoms with Crippen LogP contribution < -0.4 is 21.9 Å². The van der Waals surface area contributed by atoms with E-state index in [1.165, 1.54) is 15.9 Å². The second-order valence-corrected chi connectivity index (χ2v) is 9.74. The second kappa shape index (κ2) is 9.56. The number of piperidine rings is 1. The Morgan fingerprint density at radius 2 is 2.06 bits per heavy atom. The third-order valence-corrected chi connectivity index (χ3v) is 7.25. The summed E-state index contributed by atoms with van der Waals surface area (Å²) in [7, 11) is 1.54. The highest BCUT2D eigenvalue weighted by Crippen LogP contribution is 2.25. The summed E-state index contributed by atoms with van der Waals surface area (Å²) in [5.74, 6) is 0.194. The molecule has 3 aromatic heterocycles. The van der Waals surface area contributed by atoms with Gasteiger partial charge >= 0.3 is 5.69 Å². The van der Waals surface area contributed by atoms with E-state index in [1.807, 2.05) is 17.0 Å². The molecular weight excluding hydrogens is 478 g/mol. The lowest BCUT2D eigenvalue weighted by molar-refractivity contribution is 0.0969. The molecule has 1 aliphatic heterocycles. The van der Waals surface area contributed by atoms with Crippen molar-refractivity contribution in [3.8, 4) is 6.07 Å². The van der Waals surface area contributed by atoms with E-state index in [0.29, 0.717) is 30.2 Å². The van der Waals surface area contributed by atoms with Crippen LogP contribution in [0.4, 0.5) is 5.95 Å². The van der Waals surface area contributed by atoms with Gasteiger partial charge in [-0.15, -0.1) is 0 Å². The predicted octanol–water partition coefficient (Wildman–Crippen LogP) is 1.69. The summed E-state index contributed by atoms with van der Waals surface area (Å²) in [4.78, 5) is 46.5. The van der Waals surface area contributed by atoms with Crippen molar-refractivity contribution in [2.45, 2.75) is 32.0 Å². The summed E-state index contributed by atoms with van der Waals surface area (Å²) >= 11 is 1.37. The minimum atomic E-state index is -0.611. The number of ketones is 1. The van der Waals surface area contributed by atoms with Gasteiger partial charge in [-0.25, -0.2) is 4.79 Å². The number of thiophene rings is 1. The summed E-state index contributed by atoms with van der Waals surface area (Å²) in [5, 5.41) is 13.1. The largest absolute Gasteiger partial charge is 0.341 e. The van der Waals surface area contributed by atoms with Crippen molar-refractivity contribution in [3.63, 3.8) is 0 Å². The monoisotopic (exact) mass is 503 g/mol. The van der Waals surface area contributed by atoms with Crippen LogP contribution in [0.3, 0.4) is 0 Å². The average Bonchev–Trinajstić information content (AvgIpc) is 3.55. The van der Waals surface area contributed by atoms with Crippen molar-refractivity contribution in [3.05, 3.63) is 78.6 Å². The van der Waals surface area contributed by atoms with E-state index in [1.54, 1.807) is 40.6 Å². The van der Waals surface area contributed by atoms with Crippen molar-refractivity contribution in [2.75, 3.05) is 18.0 Å². The lowest BCUT2D eigenvalue weighted by atomic mass is 10.1. The third-order valence-electron chi connectivity index (χ3n) is 6.56. The van der Waals surface area contributed by atoms with Gasteiger partial charge in [0.1, 0.15) is 0 Å². The first kappa shape index (κ1) is 23.7. The fraction of sp³-hybridized carbons (Fsp3) is 0.320.